The first kappa shape index (κ1) is 21.6. The number of fused-ring (bicyclic) bond motifs is 1. The van der Waals surface area contributed by atoms with Crippen LogP contribution in [0.5, 0.6) is 0 Å². The van der Waals surface area contributed by atoms with Crippen molar-refractivity contribution in [3.8, 4) is 17.1 Å². The first-order valence-electron chi connectivity index (χ1n) is 12.1. The SMILES string of the molecule is CCc1c(-c2ccc(F)cc2)nn(CC2CC2)c1Cc1cc(-n2nc(C)c3ccncc32)ncn1. The van der Waals surface area contributed by atoms with Crippen molar-refractivity contribution in [1.29, 1.82) is 0 Å². The van der Waals surface area contributed by atoms with Gasteiger partial charge in [0.1, 0.15) is 12.1 Å². The van der Waals surface area contributed by atoms with E-state index in [4.69, 9.17) is 10.2 Å². The topological polar surface area (TPSA) is 74.3 Å². The zero-order valence-electron chi connectivity index (χ0n) is 19.8. The van der Waals surface area contributed by atoms with Gasteiger partial charge in [-0.2, -0.15) is 10.2 Å². The molecule has 4 heterocycles. The quantitative estimate of drug-likeness (QED) is 0.334. The van der Waals surface area contributed by atoms with Crippen molar-refractivity contribution < 1.29 is 4.39 Å². The number of hydrogen-bond donors (Lipinski definition) is 0. The van der Waals surface area contributed by atoms with Crippen LogP contribution in [0.2, 0.25) is 0 Å². The Hall–Kier alpha value is -3.94. The molecule has 176 valence electrons. The van der Waals surface area contributed by atoms with Gasteiger partial charge in [-0.05, 0) is 62.4 Å². The van der Waals surface area contributed by atoms with Gasteiger partial charge >= 0.3 is 0 Å². The van der Waals surface area contributed by atoms with E-state index in [1.165, 1.54) is 30.5 Å². The lowest BCUT2D eigenvalue weighted by Gasteiger charge is -2.10. The van der Waals surface area contributed by atoms with Gasteiger partial charge in [0.25, 0.3) is 0 Å². The minimum absolute atomic E-state index is 0.241. The predicted octanol–water partition coefficient (Wildman–Crippen LogP) is 5.08. The standard InChI is InChI=1S/C27H26FN7/c1-3-22-24(34(15-18-4-5-18)33-27(22)19-6-8-20(28)9-7-19)12-21-13-26(31-16-30-21)35-25-14-29-11-10-23(25)17(2)32-35/h6-11,13-14,16,18H,3-5,12,15H2,1-2H3. The Bertz CT molecular complexity index is 1510. The lowest BCUT2D eigenvalue weighted by Crippen LogP contribution is -2.10. The Labute approximate surface area is 202 Å². The van der Waals surface area contributed by atoms with Crippen molar-refractivity contribution in [3.63, 3.8) is 0 Å². The molecule has 1 saturated carbocycles. The third-order valence-electron chi connectivity index (χ3n) is 6.71. The Kier molecular flexibility index (Phi) is 5.36. The molecule has 0 saturated heterocycles. The summed E-state index contributed by atoms with van der Waals surface area (Å²) < 4.78 is 17.5. The normalized spacial score (nSPS) is 13.6. The van der Waals surface area contributed by atoms with Crippen LogP contribution in [-0.2, 0) is 19.4 Å². The van der Waals surface area contributed by atoms with Crippen molar-refractivity contribution in [2.45, 2.75) is 46.1 Å². The second-order valence-corrected chi connectivity index (χ2v) is 9.19. The number of halogens is 1. The molecule has 5 aromatic rings. The largest absolute Gasteiger partial charge is 0.268 e. The van der Waals surface area contributed by atoms with Gasteiger partial charge in [-0.3, -0.25) is 9.67 Å². The maximum atomic E-state index is 13.6. The highest BCUT2D eigenvalue weighted by molar-refractivity contribution is 5.82. The summed E-state index contributed by atoms with van der Waals surface area (Å²) in [6.45, 7) is 5.03. The average molecular weight is 468 g/mol. The summed E-state index contributed by atoms with van der Waals surface area (Å²) in [6, 6.07) is 10.6. The van der Waals surface area contributed by atoms with Crippen molar-refractivity contribution in [3.05, 3.63) is 83.6 Å². The van der Waals surface area contributed by atoms with E-state index >= 15 is 0 Å². The maximum absolute atomic E-state index is 13.6. The molecule has 8 heteroatoms. The maximum Gasteiger partial charge on any atom is 0.157 e. The van der Waals surface area contributed by atoms with Crippen LogP contribution in [0.3, 0.4) is 0 Å². The summed E-state index contributed by atoms with van der Waals surface area (Å²) in [5.41, 5.74) is 6.96. The highest BCUT2D eigenvalue weighted by Gasteiger charge is 2.26. The molecule has 1 aliphatic carbocycles. The van der Waals surface area contributed by atoms with Gasteiger partial charge < -0.3 is 0 Å². The van der Waals surface area contributed by atoms with Crippen molar-refractivity contribution in [1.82, 2.24) is 34.5 Å². The lowest BCUT2D eigenvalue weighted by molar-refractivity contribution is 0.543. The van der Waals surface area contributed by atoms with E-state index in [2.05, 4.69) is 26.6 Å². The number of hydrogen-bond acceptors (Lipinski definition) is 5. The molecule has 0 unspecified atom stereocenters. The molecule has 7 nitrogen and oxygen atoms in total. The number of aryl methyl sites for hydroxylation is 1. The molecule has 1 aromatic carbocycles. The minimum Gasteiger partial charge on any atom is -0.268 e. The van der Waals surface area contributed by atoms with Crippen LogP contribution in [0.1, 0.15) is 42.4 Å². The fraction of sp³-hybridized carbons (Fsp3) is 0.296. The first-order chi connectivity index (χ1) is 17.1. The zero-order chi connectivity index (χ0) is 23.9. The fourth-order valence-electron chi connectivity index (χ4n) is 4.70. The Morgan fingerprint density at radius 3 is 2.66 bits per heavy atom. The highest BCUT2D eigenvalue weighted by atomic mass is 19.1. The summed E-state index contributed by atoms with van der Waals surface area (Å²) >= 11 is 0. The summed E-state index contributed by atoms with van der Waals surface area (Å²) in [5.74, 6) is 1.15. The molecule has 1 aliphatic rings. The fourth-order valence-corrected chi connectivity index (χ4v) is 4.70. The summed E-state index contributed by atoms with van der Waals surface area (Å²) in [6.07, 6.45) is 9.13. The Morgan fingerprint density at radius 1 is 1.06 bits per heavy atom. The van der Waals surface area contributed by atoms with Gasteiger partial charge in [-0.1, -0.05) is 6.92 Å². The average Bonchev–Trinajstić information content (AvgIpc) is 3.55. The number of aromatic nitrogens is 7. The molecular formula is C27H26FN7. The Morgan fingerprint density at radius 2 is 1.89 bits per heavy atom. The van der Waals surface area contributed by atoms with E-state index in [1.54, 1.807) is 12.5 Å². The summed E-state index contributed by atoms with van der Waals surface area (Å²) in [5, 5.41) is 10.8. The summed E-state index contributed by atoms with van der Waals surface area (Å²) in [7, 11) is 0. The van der Waals surface area contributed by atoms with E-state index in [9.17, 15) is 4.39 Å². The molecule has 4 aromatic heterocycles. The van der Waals surface area contributed by atoms with Gasteiger partial charge in [0.15, 0.2) is 5.82 Å². The second-order valence-electron chi connectivity index (χ2n) is 9.19. The van der Waals surface area contributed by atoms with E-state index < -0.39 is 0 Å². The van der Waals surface area contributed by atoms with E-state index in [0.717, 1.165) is 52.2 Å². The van der Waals surface area contributed by atoms with Crippen LogP contribution >= 0.6 is 0 Å². The molecule has 0 spiro atoms. The van der Waals surface area contributed by atoms with Gasteiger partial charge in [0.05, 0.1) is 28.8 Å². The molecule has 0 amide bonds. The Balaban J connectivity index is 1.41. The number of pyridine rings is 1. The second kappa shape index (κ2) is 8.69. The lowest BCUT2D eigenvalue weighted by atomic mass is 10.0. The molecule has 0 atom stereocenters. The van der Waals surface area contributed by atoms with Crippen LogP contribution in [0.4, 0.5) is 4.39 Å². The molecule has 6 rings (SSSR count). The van der Waals surface area contributed by atoms with Crippen LogP contribution in [0, 0.1) is 18.7 Å². The van der Waals surface area contributed by atoms with Gasteiger partial charge in [0, 0.05) is 47.4 Å². The molecular weight excluding hydrogens is 441 g/mol. The molecule has 0 aliphatic heterocycles. The van der Waals surface area contributed by atoms with E-state index in [1.807, 2.05) is 42.1 Å². The number of nitrogens with zero attached hydrogens (tertiary/aromatic N) is 7. The van der Waals surface area contributed by atoms with Crippen LogP contribution in [0.15, 0.2) is 55.1 Å². The van der Waals surface area contributed by atoms with Crippen LogP contribution in [-0.4, -0.2) is 34.5 Å². The molecule has 0 radical (unpaired) electrons. The third-order valence-corrected chi connectivity index (χ3v) is 6.71. The zero-order valence-corrected chi connectivity index (χ0v) is 19.8. The van der Waals surface area contributed by atoms with Crippen molar-refractivity contribution >= 4 is 10.9 Å². The van der Waals surface area contributed by atoms with Crippen LogP contribution in [0.25, 0.3) is 28.0 Å². The van der Waals surface area contributed by atoms with Gasteiger partial charge in [-0.15, -0.1) is 0 Å². The highest BCUT2D eigenvalue weighted by Crippen LogP contribution is 2.34. The number of benzene rings is 1. The van der Waals surface area contributed by atoms with Gasteiger partial charge in [0.2, 0.25) is 0 Å². The minimum atomic E-state index is -0.241. The van der Waals surface area contributed by atoms with Gasteiger partial charge in [-0.25, -0.2) is 19.0 Å². The summed E-state index contributed by atoms with van der Waals surface area (Å²) in [4.78, 5) is 13.4. The first-order valence-corrected chi connectivity index (χ1v) is 12.1. The number of rotatable bonds is 7. The van der Waals surface area contributed by atoms with Crippen molar-refractivity contribution in [2.24, 2.45) is 5.92 Å². The molecule has 0 N–H and O–H groups in total. The molecule has 1 fully saturated rings. The molecule has 0 bridgehead atoms. The third kappa shape index (κ3) is 4.09. The predicted molar refractivity (Wildman–Crippen MR) is 132 cm³/mol. The van der Waals surface area contributed by atoms with E-state index in [-0.39, 0.29) is 5.82 Å². The van der Waals surface area contributed by atoms with Crippen molar-refractivity contribution in [2.75, 3.05) is 0 Å². The van der Waals surface area contributed by atoms with Crippen LogP contribution < -0.4 is 0 Å². The van der Waals surface area contributed by atoms with E-state index in [0.29, 0.717) is 18.2 Å². The monoisotopic (exact) mass is 467 g/mol. The molecule has 35 heavy (non-hydrogen) atoms. The smallest absolute Gasteiger partial charge is 0.157 e.